The van der Waals surface area contributed by atoms with Crippen molar-refractivity contribution in [1.82, 2.24) is 29.9 Å². The third-order valence-electron chi connectivity index (χ3n) is 5.28. The maximum absolute atomic E-state index is 14.0. The molecule has 8 nitrogen and oxygen atoms in total. The van der Waals surface area contributed by atoms with Crippen LogP contribution >= 0.6 is 0 Å². The van der Waals surface area contributed by atoms with Crippen molar-refractivity contribution < 1.29 is 17.9 Å². The van der Waals surface area contributed by atoms with Gasteiger partial charge in [-0.2, -0.15) is 23.4 Å². The Morgan fingerprint density at radius 3 is 2.59 bits per heavy atom. The van der Waals surface area contributed by atoms with E-state index in [-0.39, 0.29) is 28.4 Å². The Morgan fingerprint density at radius 1 is 1.12 bits per heavy atom. The van der Waals surface area contributed by atoms with Crippen molar-refractivity contribution in [2.24, 2.45) is 0 Å². The maximum Gasteiger partial charge on any atom is 0.417 e. The third kappa shape index (κ3) is 4.73. The van der Waals surface area contributed by atoms with Crippen LogP contribution in [0.5, 0.6) is 5.75 Å². The van der Waals surface area contributed by atoms with E-state index in [9.17, 15) is 18.0 Å². The summed E-state index contributed by atoms with van der Waals surface area (Å²) in [5, 5.41) is 10.9. The highest BCUT2D eigenvalue weighted by Gasteiger charge is 2.35. The van der Waals surface area contributed by atoms with E-state index in [0.29, 0.717) is 24.4 Å². The zero-order valence-corrected chi connectivity index (χ0v) is 18.6. The van der Waals surface area contributed by atoms with Crippen molar-refractivity contribution in [2.75, 3.05) is 6.61 Å². The first-order chi connectivity index (χ1) is 16.3. The number of aryl methyl sites for hydroxylation is 1. The van der Waals surface area contributed by atoms with Crippen LogP contribution in [0.3, 0.4) is 0 Å². The second-order valence-electron chi connectivity index (χ2n) is 7.60. The molecule has 4 rings (SSSR count). The molecule has 0 unspecified atom stereocenters. The highest BCUT2D eigenvalue weighted by Crippen LogP contribution is 2.40. The summed E-state index contributed by atoms with van der Waals surface area (Å²) >= 11 is 0. The fraction of sp³-hybridized carbons (Fsp3) is 0.304. The predicted octanol–water partition coefficient (Wildman–Crippen LogP) is 4.91. The van der Waals surface area contributed by atoms with Crippen molar-refractivity contribution in [1.29, 1.82) is 0 Å². The molecule has 2 N–H and O–H groups in total. The van der Waals surface area contributed by atoms with Crippen LogP contribution in [0.4, 0.5) is 13.2 Å². The van der Waals surface area contributed by atoms with Crippen molar-refractivity contribution in [2.45, 2.75) is 39.4 Å². The number of aromatic amines is 2. The zero-order chi connectivity index (χ0) is 24.3. The minimum absolute atomic E-state index is 0.00162. The molecule has 3 aromatic heterocycles. The molecular formula is C23H23F3N6O2. The quantitative estimate of drug-likeness (QED) is 0.355. The van der Waals surface area contributed by atoms with Crippen molar-refractivity contribution in [3.8, 4) is 39.7 Å². The molecule has 178 valence electrons. The number of nitrogens with one attached hydrogen (secondary N) is 2. The van der Waals surface area contributed by atoms with Gasteiger partial charge in [-0.05, 0) is 43.7 Å². The largest absolute Gasteiger partial charge is 0.494 e. The van der Waals surface area contributed by atoms with Crippen molar-refractivity contribution >= 4 is 0 Å². The first kappa shape index (κ1) is 23.3. The first-order valence-electron chi connectivity index (χ1n) is 10.8. The molecule has 0 spiro atoms. The molecule has 0 aliphatic carbocycles. The standard InChI is InChI=1S/C23H23F3N6O2/c1-3-5-10-34-14-6-7-15(17(11-14)23(24,25)26)19-12-16(18-8-9-32(4-2)31-18)20(22(33)29-19)21-27-13-28-30-21/h6-9,11-13H,3-5,10H2,1-2H3,(H,29,33)(H,27,28,30). The summed E-state index contributed by atoms with van der Waals surface area (Å²) < 4.78 is 49.1. The van der Waals surface area contributed by atoms with E-state index >= 15 is 0 Å². The van der Waals surface area contributed by atoms with E-state index < -0.39 is 17.3 Å². The molecule has 0 atom stereocenters. The molecule has 11 heteroatoms. The number of nitrogens with zero attached hydrogens (tertiary/aromatic N) is 4. The lowest BCUT2D eigenvalue weighted by atomic mass is 9.98. The number of benzene rings is 1. The number of H-pyrrole nitrogens is 2. The van der Waals surface area contributed by atoms with Gasteiger partial charge in [0.1, 0.15) is 12.1 Å². The average Bonchev–Trinajstić information content (AvgIpc) is 3.50. The molecule has 0 aliphatic heterocycles. The number of hydrogen-bond donors (Lipinski definition) is 2. The monoisotopic (exact) mass is 472 g/mol. The van der Waals surface area contributed by atoms with Gasteiger partial charge in [-0.15, -0.1) is 0 Å². The molecule has 0 radical (unpaired) electrons. The molecule has 1 aromatic carbocycles. The minimum atomic E-state index is -4.66. The van der Waals surface area contributed by atoms with Gasteiger partial charge < -0.3 is 9.72 Å². The van der Waals surface area contributed by atoms with Gasteiger partial charge in [0, 0.05) is 29.6 Å². The van der Waals surface area contributed by atoms with Crippen LogP contribution in [0.1, 0.15) is 32.3 Å². The molecule has 0 fully saturated rings. The normalized spacial score (nSPS) is 11.7. The van der Waals surface area contributed by atoms with Gasteiger partial charge in [0.05, 0.1) is 23.4 Å². The van der Waals surface area contributed by atoms with Crippen LogP contribution in [-0.4, -0.2) is 36.6 Å². The van der Waals surface area contributed by atoms with Crippen LogP contribution in [-0.2, 0) is 12.7 Å². The van der Waals surface area contributed by atoms with Gasteiger partial charge in [-0.1, -0.05) is 13.3 Å². The number of alkyl halides is 3. The average molecular weight is 472 g/mol. The van der Waals surface area contributed by atoms with Crippen LogP contribution in [0.25, 0.3) is 33.9 Å². The van der Waals surface area contributed by atoms with Crippen molar-refractivity contribution in [3.63, 3.8) is 0 Å². The molecular weight excluding hydrogens is 449 g/mol. The lowest BCUT2D eigenvalue weighted by molar-refractivity contribution is -0.137. The van der Waals surface area contributed by atoms with E-state index in [1.807, 2.05) is 13.8 Å². The third-order valence-corrected chi connectivity index (χ3v) is 5.28. The Balaban J connectivity index is 1.89. The van der Waals surface area contributed by atoms with E-state index in [2.05, 4.69) is 25.3 Å². The fourth-order valence-electron chi connectivity index (χ4n) is 3.57. The summed E-state index contributed by atoms with van der Waals surface area (Å²) in [5.41, 5.74) is -0.806. The number of hydrogen-bond acceptors (Lipinski definition) is 5. The highest BCUT2D eigenvalue weighted by molar-refractivity contribution is 5.82. The van der Waals surface area contributed by atoms with Gasteiger partial charge in [0.15, 0.2) is 5.82 Å². The molecule has 0 saturated carbocycles. The maximum atomic E-state index is 14.0. The molecule has 3 heterocycles. The Hall–Kier alpha value is -3.89. The molecule has 0 saturated heterocycles. The SMILES string of the molecule is CCCCOc1ccc(-c2cc(-c3ccn(CC)n3)c(-c3ncn[nH]3)c(=O)[nH]2)c(C(F)(F)F)c1. The number of ether oxygens (including phenoxy) is 1. The summed E-state index contributed by atoms with van der Waals surface area (Å²) in [6.07, 6.45) is -0.100. The Labute approximate surface area is 192 Å². The van der Waals surface area contributed by atoms with Gasteiger partial charge in [-0.25, -0.2) is 4.98 Å². The van der Waals surface area contributed by atoms with Gasteiger partial charge in [0.25, 0.3) is 5.56 Å². The summed E-state index contributed by atoms with van der Waals surface area (Å²) in [5.74, 6) is 0.302. The number of rotatable bonds is 8. The molecule has 34 heavy (non-hydrogen) atoms. The number of aromatic nitrogens is 6. The summed E-state index contributed by atoms with van der Waals surface area (Å²) in [4.78, 5) is 19.7. The lowest BCUT2D eigenvalue weighted by Crippen LogP contribution is -2.15. The fourth-order valence-corrected chi connectivity index (χ4v) is 3.57. The topological polar surface area (TPSA) is 101 Å². The summed E-state index contributed by atoms with van der Waals surface area (Å²) in [6.45, 7) is 4.77. The predicted molar refractivity (Wildman–Crippen MR) is 120 cm³/mol. The zero-order valence-electron chi connectivity index (χ0n) is 18.6. The van der Waals surface area contributed by atoms with Crippen LogP contribution in [0.15, 0.2) is 47.7 Å². The van der Waals surface area contributed by atoms with Gasteiger partial charge >= 0.3 is 6.18 Å². The number of pyridine rings is 1. The van der Waals surface area contributed by atoms with Gasteiger partial charge in [-0.3, -0.25) is 14.6 Å². The smallest absolute Gasteiger partial charge is 0.417 e. The second-order valence-corrected chi connectivity index (χ2v) is 7.60. The van der Waals surface area contributed by atoms with Crippen LogP contribution in [0.2, 0.25) is 0 Å². The Kier molecular flexibility index (Phi) is 6.53. The summed E-state index contributed by atoms with van der Waals surface area (Å²) in [6, 6.07) is 6.90. The molecule has 4 aromatic rings. The van der Waals surface area contributed by atoms with E-state index in [4.69, 9.17) is 4.74 Å². The molecule has 0 aliphatic rings. The Morgan fingerprint density at radius 2 is 1.94 bits per heavy atom. The lowest BCUT2D eigenvalue weighted by Gasteiger charge is -2.16. The summed E-state index contributed by atoms with van der Waals surface area (Å²) in [7, 11) is 0. The van der Waals surface area contributed by atoms with Crippen LogP contribution in [0, 0.1) is 0 Å². The first-order valence-corrected chi connectivity index (χ1v) is 10.8. The Bertz CT molecular complexity index is 1330. The number of halogens is 3. The molecule has 0 amide bonds. The van der Waals surface area contributed by atoms with E-state index in [0.717, 1.165) is 18.9 Å². The van der Waals surface area contributed by atoms with E-state index in [1.165, 1.54) is 24.5 Å². The van der Waals surface area contributed by atoms with E-state index in [1.54, 1.807) is 16.9 Å². The van der Waals surface area contributed by atoms with Crippen molar-refractivity contribution in [3.05, 3.63) is 58.8 Å². The molecule has 0 bridgehead atoms. The van der Waals surface area contributed by atoms with Gasteiger partial charge in [0.2, 0.25) is 0 Å². The second kappa shape index (κ2) is 9.54. The minimum Gasteiger partial charge on any atom is -0.494 e. The van der Waals surface area contributed by atoms with Crippen LogP contribution < -0.4 is 10.3 Å². The highest BCUT2D eigenvalue weighted by atomic mass is 19.4. The number of unbranched alkanes of at least 4 members (excludes halogenated alkanes) is 1.